The molecule has 2 amide bonds. The van der Waals surface area contributed by atoms with Gasteiger partial charge in [-0.1, -0.05) is 29.8 Å². The molecule has 30 heavy (non-hydrogen) atoms. The van der Waals surface area contributed by atoms with E-state index in [1.165, 1.54) is 19.3 Å². The smallest absolute Gasteiger partial charge is 0.323 e. The maximum Gasteiger partial charge on any atom is 0.323 e. The van der Waals surface area contributed by atoms with E-state index in [0.717, 1.165) is 35.7 Å². The Balaban J connectivity index is 1.39. The lowest BCUT2D eigenvalue weighted by atomic mass is 10.1. The number of carbonyl (C=O) groups is 1. The van der Waals surface area contributed by atoms with Gasteiger partial charge in [-0.05, 0) is 68.1 Å². The van der Waals surface area contributed by atoms with Crippen LogP contribution in [0.1, 0.15) is 24.8 Å². The number of nitrogens with one attached hydrogen (secondary N) is 2. The van der Waals surface area contributed by atoms with E-state index in [1.54, 1.807) is 12.1 Å². The summed E-state index contributed by atoms with van der Waals surface area (Å²) in [5.41, 5.74) is 3.96. The second-order valence-electron chi connectivity index (χ2n) is 7.39. The van der Waals surface area contributed by atoms with Gasteiger partial charge in [0.1, 0.15) is 0 Å². The molecule has 6 nitrogen and oxygen atoms in total. The van der Waals surface area contributed by atoms with Gasteiger partial charge in [0.25, 0.3) is 0 Å². The molecule has 1 aliphatic heterocycles. The minimum atomic E-state index is -0.321. The van der Waals surface area contributed by atoms with E-state index in [4.69, 9.17) is 11.6 Å². The molecule has 1 fully saturated rings. The van der Waals surface area contributed by atoms with Gasteiger partial charge in [0, 0.05) is 35.1 Å². The number of amides is 2. The lowest BCUT2D eigenvalue weighted by Crippen LogP contribution is -2.30. The number of hydrogen-bond acceptors (Lipinski definition) is 4. The molecule has 0 radical (unpaired) electrons. The zero-order valence-electron chi connectivity index (χ0n) is 16.9. The number of benzene rings is 2. The zero-order chi connectivity index (χ0) is 20.9. The lowest BCUT2D eigenvalue weighted by Gasteiger charge is -2.27. The number of halogens is 1. The topological polar surface area (TPSA) is 70.2 Å². The SMILES string of the molecule is Cc1c(Cl)cccc1NC(=O)Nc1ccc(-c2ccc(N3CCCCC3)nn2)cc1. The molecule has 154 valence electrons. The van der Waals surface area contributed by atoms with Crippen LogP contribution in [0.15, 0.2) is 54.6 Å². The first-order chi connectivity index (χ1) is 14.6. The molecule has 4 rings (SSSR count). The molecular formula is C23H24ClN5O. The molecule has 1 aliphatic rings. The fraction of sp³-hybridized carbons (Fsp3) is 0.261. The van der Waals surface area contributed by atoms with Gasteiger partial charge in [-0.3, -0.25) is 0 Å². The van der Waals surface area contributed by atoms with Crippen molar-refractivity contribution < 1.29 is 4.79 Å². The maximum absolute atomic E-state index is 12.3. The number of anilines is 3. The summed E-state index contributed by atoms with van der Waals surface area (Å²) in [6, 6.07) is 16.6. The van der Waals surface area contributed by atoms with Crippen molar-refractivity contribution in [3.63, 3.8) is 0 Å². The van der Waals surface area contributed by atoms with E-state index in [9.17, 15) is 4.79 Å². The van der Waals surface area contributed by atoms with Gasteiger partial charge in [-0.15, -0.1) is 10.2 Å². The third kappa shape index (κ3) is 4.71. The molecule has 0 atom stereocenters. The molecule has 0 spiro atoms. The molecule has 0 saturated carbocycles. The Morgan fingerprint density at radius 1 is 0.933 bits per heavy atom. The Bertz CT molecular complexity index is 1010. The van der Waals surface area contributed by atoms with Crippen molar-refractivity contribution in [2.45, 2.75) is 26.2 Å². The van der Waals surface area contributed by atoms with Crippen molar-refractivity contribution in [2.75, 3.05) is 28.6 Å². The quantitative estimate of drug-likeness (QED) is 0.563. The van der Waals surface area contributed by atoms with Crippen molar-refractivity contribution in [3.8, 4) is 11.3 Å². The van der Waals surface area contributed by atoms with Crippen LogP contribution >= 0.6 is 11.6 Å². The number of nitrogens with zero attached hydrogens (tertiary/aromatic N) is 3. The number of rotatable bonds is 4. The molecule has 1 aromatic heterocycles. The highest BCUT2D eigenvalue weighted by Crippen LogP contribution is 2.24. The third-order valence-corrected chi connectivity index (χ3v) is 5.69. The van der Waals surface area contributed by atoms with Gasteiger partial charge < -0.3 is 15.5 Å². The summed E-state index contributed by atoms with van der Waals surface area (Å²) in [5.74, 6) is 0.935. The van der Waals surface area contributed by atoms with E-state index < -0.39 is 0 Å². The average Bonchev–Trinajstić information content (AvgIpc) is 2.78. The second-order valence-corrected chi connectivity index (χ2v) is 7.80. The van der Waals surface area contributed by atoms with Crippen LogP contribution in [0.2, 0.25) is 5.02 Å². The van der Waals surface area contributed by atoms with Crippen LogP contribution in [0, 0.1) is 6.92 Å². The number of hydrogen-bond donors (Lipinski definition) is 2. The number of carbonyl (C=O) groups excluding carboxylic acids is 1. The zero-order valence-corrected chi connectivity index (χ0v) is 17.6. The van der Waals surface area contributed by atoms with Crippen molar-refractivity contribution in [2.24, 2.45) is 0 Å². The number of urea groups is 1. The Kier molecular flexibility index (Phi) is 6.14. The van der Waals surface area contributed by atoms with Gasteiger partial charge >= 0.3 is 6.03 Å². The summed E-state index contributed by atoms with van der Waals surface area (Å²) in [6.45, 7) is 3.96. The third-order valence-electron chi connectivity index (χ3n) is 5.28. The highest BCUT2D eigenvalue weighted by Gasteiger charge is 2.13. The summed E-state index contributed by atoms with van der Waals surface area (Å²) in [4.78, 5) is 14.6. The predicted octanol–water partition coefficient (Wildman–Crippen LogP) is 5.74. The summed E-state index contributed by atoms with van der Waals surface area (Å²) in [7, 11) is 0. The molecule has 3 aromatic rings. The second kappa shape index (κ2) is 9.13. The molecule has 0 aliphatic carbocycles. The molecule has 2 heterocycles. The summed E-state index contributed by atoms with van der Waals surface area (Å²) < 4.78 is 0. The molecule has 2 N–H and O–H groups in total. The average molecular weight is 422 g/mol. The minimum Gasteiger partial charge on any atom is -0.355 e. The Morgan fingerprint density at radius 3 is 2.40 bits per heavy atom. The summed E-state index contributed by atoms with van der Waals surface area (Å²) in [6.07, 6.45) is 3.71. The normalized spacial score (nSPS) is 13.7. The number of piperidine rings is 1. The van der Waals surface area contributed by atoms with Crippen LogP contribution in [0.4, 0.5) is 22.0 Å². The van der Waals surface area contributed by atoms with Crippen LogP contribution in [0.5, 0.6) is 0 Å². The molecular weight excluding hydrogens is 398 g/mol. The minimum absolute atomic E-state index is 0.321. The molecule has 0 bridgehead atoms. The van der Waals surface area contributed by atoms with Gasteiger partial charge in [0.15, 0.2) is 5.82 Å². The van der Waals surface area contributed by atoms with Crippen LogP contribution in [-0.4, -0.2) is 29.3 Å². The summed E-state index contributed by atoms with van der Waals surface area (Å²) >= 11 is 6.10. The van der Waals surface area contributed by atoms with Gasteiger partial charge in [0.2, 0.25) is 0 Å². The van der Waals surface area contributed by atoms with Crippen molar-refractivity contribution >= 4 is 34.8 Å². The standard InChI is InChI=1S/C23H24ClN5O/c1-16-19(24)6-5-7-20(16)26-23(30)25-18-10-8-17(9-11-18)21-12-13-22(28-27-21)29-14-3-2-4-15-29/h5-13H,2-4,14-15H2,1H3,(H2,25,26,30). The van der Waals surface area contributed by atoms with Crippen LogP contribution in [-0.2, 0) is 0 Å². The fourth-order valence-electron chi connectivity index (χ4n) is 3.52. The Hall–Kier alpha value is -3.12. The van der Waals surface area contributed by atoms with Crippen molar-refractivity contribution in [1.29, 1.82) is 0 Å². The van der Waals surface area contributed by atoms with E-state index in [0.29, 0.717) is 16.4 Å². The van der Waals surface area contributed by atoms with E-state index in [-0.39, 0.29) is 6.03 Å². The largest absolute Gasteiger partial charge is 0.355 e. The highest BCUT2D eigenvalue weighted by molar-refractivity contribution is 6.31. The first kappa shape index (κ1) is 20.2. The van der Waals surface area contributed by atoms with E-state index in [2.05, 4.69) is 25.7 Å². The molecule has 7 heteroatoms. The van der Waals surface area contributed by atoms with Crippen molar-refractivity contribution in [3.05, 3.63) is 65.2 Å². The molecule has 0 unspecified atom stereocenters. The highest BCUT2D eigenvalue weighted by atomic mass is 35.5. The maximum atomic E-state index is 12.3. The first-order valence-electron chi connectivity index (χ1n) is 10.1. The van der Waals surface area contributed by atoms with E-state index >= 15 is 0 Å². The predicted molar refractivity (Wildman–Crippen MR) is 122 cm³/mol. The van der Waals surface area contributed by atoms with Gasteiger partial charge in [0.05, 0.1) is 5.69 Å². The number of aromatic nitrogens is 2. The lowest BCUT2D eigenvalue weighted by molar-refractivity contribution is 0.262. The van der Waals surface area contributed by atoms with Crippen molar-refractivity contribution in [1.82, 2.24) is 10.2 Å². The first-order valence-corrected chi connectivity index (χ1v) is 10.5. The Labute approximate surface area is 181 Å². The Morgan fingerprint density at radius 2 is 1.70 bits per heavy atom. The van der Waals surface area contributed by atoms with Crippen LogP contribution in [0.3, 0.4) is 0 Å². The molecule has 2 aromatic carbocycles. The van der Waals surface area contributed by atoms with Crippen LogP contribution < -0.4 is 15.5 Å². The van der Waals surface area contributed by atoms with Crippen LogP contribution in [0.25, 0.3) is 11.3 Å². The van der Waals surface area contributed by atoms with Gasteiger partial charge in [-0.2, -0.15) is 0 Å². The molecule has 1 saturated heterocycles. The van der Waals surface area contributed by atoms with E-state index in [1.807, 2.05) is 49.4 Å². The summed E-state index contributed by atoms with van der Waals surface area (Å²) in [5, 5.41) is 15.1. The van der Waals surface area contributed by atoms with Gasteiger partial charge in [-0.25, -0.2) is 4.79 Å². The fourth-order valence-corrected chi connectivity index (χ4v) is 3.70. The monoisotopic (exact) mass is 421 g/mol.